The van der Waals surface area contributed by atoms with E-state index in [0.717, 1.165) is 0 Å². The van der Waals surface area contributed by atoms with E-state index in [1.54, 1.807) is 16.7 Å². The second-order valence-corrected chi connectivity index (χ2v) is 4.64. The molecule has 2 aromatic heterocycles. The Kier molecular flexibility index (Phi) is 3.38. The number of fused-ring (bicyclic) bond motifs is 1. The fraction of sp³-hybridized carbons (Fsp3) is 0.0667. The number of carbonyl (C=O) groups is 1. The summed E-state index contributed by atoms with van der Waals surface area (Å²) < 4.78 is 19.9. The molecule has 0 aliphatic heterocycles. The van der Waals surface area contributed by atoms with Gasteiger partial charge in [0.15, 0.2) is 11.5 Å². The van der Waals surface area contributed by atoms with Gasteiger partial charge in [-0.1, -0.05) is 0 Å². The van der Waals surface area contributed by atoms with Crippen molar-refractivity contribution in [2.24, 2.45) is 0 Å². The van der Waals surface area contributed by atoms with Gasteiger partial charge < -0.3 is 15.6 Å². The number of benzene rings is 1. The lowest BCUT2D eigenvalue weighted by Crippen LogP contribution is -2.01. The SMILES string of the molecule is Nc1ccn2c(COc3ccc(F)cc3)nc(C(=O)O)c2c1. The summed E-state index contributed by atoms with van der Waals surface area (Å²) in [6, 6.07) is 8.72. The van der Waals surface area contributed by atoms with Crippen LogP contribution in [-0.2, 0) is 6.61 Å². The highest BCUT2D eigenvalue weighted by molar-refractivity contribution is 5.94. The van der Waals surface area contributed by atoms with E-state index in [4.69, 9.17) is 10.5 Å². The minimum atomic E-state index is -1.14. The normalized spacial score (nSPS) is 10.8. The van der Waals surface area contributed by atoms with Crippen molar-refractivity contribution in [3.8, 4) is 5.75 Å². The van der Waals surface area contributed by atoms with Crippen molar-refractivity contribution in [2.75, 3.05) is 5.73 Å². The Labute approximate surface area is 124 Å². The maximum absolute atomic E-state index is 12.8. The summed E-state index contributed by atoms with van der Waals surface area (Å²) in [5.74, 6) is -0.624. The van der Waals surface area contributed by atoms with E-state index in [2.05, 4.69) is 4.98 Å². The molecule has 0 radical (unpaired) electrons. The number of ether oxygens (including phenoxy) is 1. The van der Waals surface area contributed by atoms with Gasteiger partial charge in [0.05, 0.1) is 5.52 Å². The number of hydrogen-bond donors (Lipinski definition) is 2. The number of carboxylic acids is 1. The number of carboxylic acid groups (broad SMARTS) is 1. The average Bonchev–Trinajstić information content (AvgIpc) is 2.85. The lowest BCUT2D eigenvalue weighted by Gasteiger charge is -2.05. The minimum absolute atomic E-state index is 0.0456. The van der Waals surface area contributed by atoms with Crippen LogP contribution in [0.5, 0.6) is 5.75 Å². The molecule has 0 bridgehead atoms. The van der Waals surface area contributed by atoms with Crippen LogP contribution in [0.2, 0.25) is 0 Å². The molecule has 3 aromatic rings. The third kappa shape index (κ3) is 2.56. The average molecular weight is 301 g/mol. The first-order valence-electron chi connectivity index (χ1n) is 6.43. The number of imidazole rings is 1. The van der Waals surface area contributed by atoms with Crippen molar-refractivity contribution in [2.45, 2.75) is 6.61 Å². The lowest BCUT2D eigenvalue weighted by molar-refractivity contribution is 0.0693. The van der Waals surface area contributed by atoms with E-state index in [1.165, 1.54) is 30.3 Å². The Balaban J connectivity index is 1.93. The molecular weight excluding hydrogens is 289 g/mol. The van der Waals surface area contributed by atoms with Gasteiger partial charge in [0.1, 0.15) is 18.2 Å². The van der Waals surface area contributed by atoms with Crippen molar-refractivity contribution in [3.63, 3.8) is 0 Å². The number of rotatable bonds is 4. The third-order valence-corrected chi connectivity index (χ3v) is 3.12. The van der Waals surface area contributed by atoms with Gasteiger partial charge in [-0.05, 0) is 36.4 Å². The number of nitrogen functional groups attached to an aromatic ring is 1. The molecule has 112 valence electrons. The highest BCUT2D eigenvalue weighted by atomic mass is 19.1. The summed E-state index contributed by atoms with van der Waals surface area (Å²) in [7, 11) is 0. The summed E-state index contributed by atoms with van der Waals surface area (Å²) in [5.41, 5.74) is 6.43. The van der Waals surface area contributed by atoms with Crippen molar-refractivity contribution < 1.29 is 19.0 Å². The molecule has 6 nitrogen and oxygen atoms in total. The summed E-state index contributed by atoms with van der Waals surface area (Å²) in [4.78, 5) is 15.3. The number of anilines is 1. The number of halogens is 1. The van der Waals surface area contributed by atoms with Gasteiger partial charge in [-0.2, -0.15) is 0 Å². The van der Waals surface area contributed by atoms with Gasteiger partial charge in [-0.25, -0.2) is 14.2 Å². The highest BCUT2D eigenvalue weighted by Crippen LogP contribution is 2.19. The Hall–Kier alpha value is -3.09. The monoisotopic (exact) mass is 301 g/mol. The van der Waals surface area contributed by atoms with E-state index in [-0.39, 0.29) is 18.1 Å². The van der Waals surface area contributed by atoms with Crippen LogP contribution in [0.1, 0.15) is 16.3 Å². The molecular formula is C15H12FN3O3. The summed E-state index contributed by atoms with van der Waals surface area (Å²) >= 11 is 0. The van der Waals surface area contributed by atoms with E-state index in [1.807, 2.05) is 0 Å². The first-order chi connectivity index (χ1) is 10.5. The fourth-order valence-corrected chi connectivity index (χ4v) is 2.10. The van der Waals surface area contributed by atoms with Gasteiger partial charge in [-0.3, -0.25) is 4.40 Å². The molecule has 0 unspecified atom stereocenters. The maximum atomic E-state index is 12.8. The third-order valence-electron chi connectivity index (χ3n) is 3.12. The maximum Gasteiger partial charge on any atom is 0.356 e. The molecule has 2 heterocycles. The molecule has 0 amide bonds. The predicted octanol–water partition coefficient (Wildman–Crippen LogP) is 2.33. The molecule has 3 rings (SSSR count). The Morgan fingerprint density at radius 1 is 1.32 bits per heavy atom. The number of hydrogen-bond acceptors (Lipinski definition) is 4. The van der Waals surface area contributed by atoms with Gasteiger partial charge in [0.2, 0.25) is 0 Å². The molecule has 7 heteroatoms. The zero-order valence-electron chi connectivity index (χ0n) is 11.4. The number of aromatic carboxylic acids is 1. The minimum Gasteiger partial charge on any atom is -0.486 e. The molecule has 0 saturated heterocycles. The Morgan fingerprint density at radius 2 is 2.05 bits per heavy atom. The van der Waals surface area contributed by atoms with Crippen molar-refractivity contribution >= 4 is 17.2 Å². The summed E-state index contributed by atoms with van der Waals surface area (Å²) in [5, 5.41) is 9.20. The number of pyridine rings is 1. The van der Waals surface area contributed by atoms with E-state index < -0.39 is 5.97 Å². The Morgan fingerprint density at radius 3 is 2.73 bits per heavy atom. The van der Waals surface area contributed by atoms with Crippen LogP contribution in [0.25, 0.3) is 5.52 Å². The predicted molar refractivity (Wildman–Crippen MR) is 77.3 cm³/mol. The molecule has 0 saturated carbocycles. The van der Waals surface area contributed by atoms with Crippen LogP contribution in [0.15, 0.2) is 42.6 Å². The van der Waals surface area contributed by atoms with Crippen molar-refractivity contribution in [1.29, 1.82) is 0 Å². The van der Waals surface area contributed by atoms with Crippen LogP contribution < -0.4 is 10.5 Å². The molecule has 0 aliphatic carbocycles. The Bertz CT molecular complexity index is 843. The standard InChI is InChI=1S/C15H12FN3O3/c16-9-1-3-11(4-2-9)22-8-13-18-14(15(20)21)12-7-10(17)5-6-19(12)13/h1-7H,8,17H2,(H,20,21). The van der Waals surface area contributed by atoms with E-state index in [9.17, 15) is 14.3 Å². The van der Waals surface area contributed by atoms with Crippen LogP contribution in [0, 0.1) is 5.82 Å². The van der Waals surface area contributed by atoms with Crippen molar-refractivity contribution in [1.82, 2.24) is 9.38 Å². The quantitative estimate of drug-likeness (QED) is 0.772. The van der Waals surface area contributed by atoms with Gasteiger partial charge >= 0.3 is 5.97 Å². The van der Waals surface area contributed by atoms with Crippen LogP contribution in [-0.4, -0.2) is 20.5 Å². The smallest absolute Gasteiger partial charge is 0.356 e. The van der Waals surface area contributed by atoms with Crippen LogP contribution in [0.3, 0.4) is 0 Å². The van der Waals surface area contributed by atoms with Gasteiger partial charge in [-0.15, -0.1) is 0 Å². The largest absolute Gasteiger partial charge is 0.486 e. The van der Waals surface area contributed by atoms with Gasteiger partial charge in [0.25, 0.3) is 0 Å². The number of aromatic nitrogens is 2. The van der Waals surface area contributed by atoms with Crippen LogP contribution >= 0.6 is 0 Å². The molecule has 0 aliphatic rings. The van der Waals surface area contributed by atoms with Crippen molar-refractivity contribution in [3.05, 3.63) is 59.9 Å². The number of nitrogens with zero attached hydrogens (tertiary/aromatic N) is 2. The van der Waals surface area contributed by atoms with E-state index in [0.29, 0.717) is 22.8 Å². The molecule has 0 atom stereocenters. The fourth-order valence-electron chi connectivity index (χ4n) is 2.10. The molecule has 22 heavy (non-hydrogen) atoms. The highest BCUT2D eigenvalue weighted by Gasteiger charge is 2.17. The first-order valence-corrected chi connectivity index (χ1v) is 6.43. The van der Waals surface area contributed by atoms with E-state index >= 15 is 0 Å². The zero-order valence-corrected chi connectivity index (χ0v) is 11.4. The van der Waals surface area contributed by atoms with Gasteiger partial charge in [0, 0.05) is 11.9 Å². The topological polar surface area (TPSA) is 89.9 Å². The summed E-state index contributed by atoms with van der Waals surface area (Å²) in [6.45, 7) is 0.0456. The summed E-state index contributed by atoms with van der Waals surface area (Å²) in [6.07, 6.45) is 1.63. The first kappa shape index (κ1) is 13.9. The second kappa shape index (κ2) is 5.36. The molecule has 1 aromatic carbocycles. The molecule has 3 N–H and O–H groups in total. The lowest BCUT2D eigenvalue weighted by atomic mass is 10.3. The second-order valence-electron chi connectivity index (χ2n) is 4.64. The molecule has 0 spiro atoms. The van der Waals surface area contributed by atoms with Crippen LogP contribution in [0.4, 0.5) is 10.1 Å². The zero-order chi connectivity index (χ0) is 15.7. The molecule has 0 fully saturated rings. The number of nitrogens with two attached hydrogens (primary N) is 1.